The molecule has 19 nitrogen and oxygen atoms in total. The number of amides is 2. The molecular weight excluding hydrogens is 913 g/mol. The molecule has 376 valence electrons. The highest BCUT2D eigenvalue weighted by Crippen LogP contribution is 2.28. The van der Waals surface area contributed by atoms with Crippen LogP contribution in [0.2, 0.25) is 0 Å². The van der Waals surface area contributed by atoms with Crippen LogP contribution in [-0.4, -0.2) is 112 Å². The van der Waals surface area contributed by atoms with Crippen LogP contribution in [0.15, 0.2) is 124 Å². The first kappa shape index (κ1) is 53.8. The average Bonchev–Trinajstić information content (AvgIpc) is 3.37. The zero-order chi connectivity index (χ0) is 51.5. The van der Waals surface area contributed by atoms with Crippen LogP contribution in [0, 0.1) is 0 Å². The van der Waals surface area contributed by atoms with Gasteiger partial charge in [-0.2, -0.15) is 0 Å². The number of hydrogen-bond acceptors (Lipinski definition) is 17. The number of alkyl carbamates (subject to hydrolysis) is 1. The van der Waals surface area contributed by atoms with Gasteiger partial charge in [0.2, 0.25) is 5.91 Å². The Hall–Kier alpha value is -8.16. The Balaban J connectivity index is 1.51. The maximum atomic E-state index is 13.7. The van der Waals surface area contributed by atoms with Crippen molar-refractivity contribution in [1.29, 1.82) is 0 Å². The van der Waals surface area contributed by atoms with Crippen LogP contribution < -0.4 is 10.6 Å². The van der Waals surface area contributed by atoms with Crippen molar-refractivity contribution in [2.75, 3.05) is 19.6 Å². The van der Waals surface area contributed by atoms with Gasteiger partial charge in [-0.25, -0.2) is 4.79 Å². The van der Waals surface area contributed by atoms with Crippen LogP contribution in [0.1, 0.15) is 97.0 Å². The second-order valence-corrected chi connectivity index (χ2v) is 17.1. The highest BCUT2D eigenvalue weighted by atomic mass is 16.5. The number of nitrogens with one attached hydrogen (secondary N) is 2. The minimum Gasteiger partial charge on any atom is -0.507 e. The second-order valence-electron chi connectivity index (χ2n) is 17.1. The third-order valence-electron chi connectivity index (χ3n) is 11.8. The standard InChI is InChI=1S/C52H62N8O11/c1-33(55-67)43-16-11-41(26-50(43)64)28-59(27-38-12-17-47(61)44(23-38)34(2)56-68)31-42(15-20-51(65)53-21-8-22-54-52(66)71-32-37-9-6-5-7-10-37)60(29-39-13-18-48(62)45(24-39)35(3)57-69)30-40-14-19-49(63)46(25-40)36(4)58-70/h5-7,9-14,16-19,23-26,42,61-64,67-70H,8,15,20-22,27-32H2,1-4H3,(H,53,65)(H,54,66)/b55-33+,56-34+,57-35+,58-36+. The molecule has 0 bridgehead atoms. The Kier molecular flexibility index (Phi) is 20.1. The quantitative estimate of drug-likeness (QED) is 0.0124. The Morgan fingerprint density at radius 1 is 0.535 bits per heavy atom. The Morgan fingerprint density at radius 3 is 1.48 bits per heavy atom. The van der Waals surface area contributed by atoms with E-state index in [-0.39, 0.29) is 117 Å². The summed E-state index contributed by atoms with van der Waals surface area (Å²) in [7, 11) is 0. The molecule has 0 aliphatic carbocycles. The average molecular weight is 975 g/mol. The summed E-state index contributed by atoms with van der Waals surface area (Å²) >= 11 is 0. The first-order valence-corrected chi connectivity index (χ1v) is 22.8. The lowest BCUT2D eigenvalue weighted by molar-refractivity contribution is -0.121. The van der Waals surface area contributed by atoms with E-state index < -0.39 is 12.1 Å². The van der Waals surface area contributed by atoms with Crippen molar-refractivity contribution >= 4 is 34.8 Å². The van der Waals surface area contributed by atoms with E-state index in [1.165, 1.54) is 18.2 Å². The van der Waals surface area contributed by atoms with Crippen molar-refractivity contribution in [3.63, 3.8) is 0 Å². The summed E-state index contributed by atoms with van der Waals surface area (Å²) in [6.07, 6.45) is 0.191. The SMILES string of the molecule is C/C(=N\O)c1ccc(CN(Cc2ccc(O)c(/C(C)=N/O)c2)CC(CCC(=O)NCCCNC(=O)OCc2ccccc2)N(Cc2ccc(O)c(/C(C)=N/O)c2)Cc2ccc(O)c(/C(C)=N/O)c2)cc1O. The molecule has 0 saturated heterocycles. The van der Waals surface area contributed by atoms with Gasteiger partial charge in [0.1, 0.15) is 29.6 Å². The minimum absolute atomic E-state index is 0.0561. The van der Waals surface area contributed by atoms with Crippen molar-refractivity contribution in [1.82, 2.24) is 20.4 Å². The number of benzene rings is 5. The van der Waals surface area contributed by atoms with E-state index in [4.69, 9.17) is 4.74 Å². The second kappa shape index (κ2) is 26.6. The summed E-state index contributed by atoms with van der Waals surface area (Å²) in [6, 6.07) is 28.7. The van der Waals surface area contributed by atoms with Crippen LogP contribution in [0.4, 0.5) is 4.79 Å². The smallest absolute Gasteiger partial charge is 0.407 e. The lowest BCUT2D eigenvalue weighted by atomic mass is 10.0. The maximum absolute atomic E-state index is 13.7. The van der Waals surface area contributed by atoms with Crippen LogP contribution in [0.25, 0.3) is 0 Å². The van der Waals surface area contributed by atoms with Gasteiger partial charge in [0.05, 0.1) is 22.8 Å². The molecule has 1 unspecified atom stereocenters. The highest BCUT2D eigenvalue weighted by molar-refractivity contribution is 6.02. The molecular formula is C52H62N8O11. The maximum Gasteiger partial charge on any atom is 0.407 e. The number of carbonyl (C=O) groups is 2. The van der Waals surface area contributed by atoms with E-state index in [2.05, 4.69) is 41.1 Å². The van der Waals surface area contributed by atoms with E-state index in [1.807, 2.05) is 30.3 Å². The number of phenolic OH excluding ortho intramolecular Hbond substituents is 4. The molecule has 71 heavy (non-hydrogen) atoms. The van der Waals surface area contributed by atoms with E-state index in [9.17, 15) is 50.8 Å². The number of aromatic hydroxyl groups is 4. The molecule has 0 heterocycles. The van der Waals surface area contributed by atoms with Gasteiger partial charge in [-0.1, -0.05) is 75.2 Å². The summed E-state index contributed by atoms with van der Waals surface area (Å²) in [5.41, 5.74) is 5.72. The summed E-state index contributed by atoms with van der Waals surface area (Å²) in [6.45, 7) is 8.10. The Bertz CT molecular complexity index is 2660. The zero-order valence-electron chi connectivity index (χ0n) is 40.2. The molecule has 5 rings (SSSR count). The molecule has 1 atom stereocenters. The van der Waals surface area contributed by atoms with E-state index in [1.54, 1.807) is 82.3 Å². The molecule has 10 N–H and O–H groups in total. The Labute approximate surface area is 411 Å². The molecule has 0 aromatic heterocycles. The molecule has 0 saturated carbocycles. The predicted molar refractivity (Wildman–Crippen MR) is 267 cm³/mol. The summed E-state index contributed by atoms with van der Waals surface area (Å²) < 4.78 is 5.29. The van der Waals surface area contributed by atoms with Crippen LogP contribution in [0.5, 0.6) is 23.0 Å². The largest absolute Gasteiger partial charge is 0.507 e. The number of rotatable bonds is 24. The number of carbonyl (C=O) groups excluding carboxylic acids is 2. The van der Waals surface area contributed by atoms with Crippen molar-refractivity contribution < 1.29 is 55.6 Å². The van der Waals surface area contributed by atoms with Crippen LogP contribution >= 0.6 is 0 Å². The molecule has 0 aliphatic rings. The molecule has 0 aliphatic heterocycles. The zero-order valence-corrected chi connectivity index (χ0v) is 40.2. The van der Waals surface area contributed by atoms with Gasteiger partial charge in [-0.15, -0.1) is 0 Å². The fraction of sp³-hybridized carbons (Fsp3) is 0.308. The molecule has 5 aromatic rings. The van der Waals surface area contributed by atoms with Gasteiger partial charge in [-0.3, -0.25) is 14.6 Å². The number of nitrogens with zero attached hydrogens (tertiary/aromatic N) is 6. The van der Waals surface area contributed by atoms with Gasteiger partial charge in [0.15, 0.2) is 0 Å². The Morgan fingerprint density at radius 2 is 0.986 bits per heavy atom. The van der Waals surface area contributed by atoms with Gasteiger partial charge in [-0.05, 0) is 117 Å². The number of ether oxygens (including phenoxy) is 1. The number of oxime groups is 4. The van der Waals surface area contributed by atoms with Crippen LogP contribution in [-0.2, 0) is 42.3 Å². The van der Waals surface area contributed by atoms with Crippen LogP contribution in [0.3, 0.4) is 0 Å². The first-order valence-electron chi connectivity index (χ1n) is 22.8. The summed E-state index contributed by atoms with van der Waals surface area (Å²) in [4.78, 5) is 30.2. The first-order chi connectivity index (χ1) is 34.1. The fourth-order valence-electron chi connectivity index (χ4n) is 7.95. The topological polar surface area (TPSA) is 285 Å². The number of hydrogen-bond donors (Lipinski definition) is 10. The summed E-state index contributed by atoms with van der Waals surface area (Å²) in [5.74, 6) is -0.639. The van der Waals surface area contributed by atoms with Gasteiger partial charge < -0.3 is 56.6 Å². The molecule has 19 heteroatoms. The van der Waals surface area contributed by atoms with Gasteiger partial charge in [0, 0.05) is 80.5 Å². The monoisotopic (exact) mass is 974 g/mol. The van der Waals surface area contributed by atoms with E-state index in [0.717, 1.165) is 11.1 Å². The third kappa shape index (κ3) is 15.9. The minimum atomic E-state index is -0.577. The fourth-order valence-corrected chi connectivity index (χ4v) is 7.95. The highest BCUT2D eigenvalue weighted by Gasteiger charge is 2.26. The predicted octanol–water partition coefficient (Wildman–Crippen LogP) is 7.59. The van der Waals surface area contributed by atoms with Gasteiger partial charge in [0.25, 0.3) is 0 Å². The van der Waals surface area contributed by atoms with E-state index >= 15 is 0 Å². The molecule has 5 aromatic carbocycles. The van der Waals surface area contributed by atoms with Crippen molar-refractivity contribution in [3.05, 3.63) is 153 Å². The molecule has 0 spiro atoms. The number of phenols is 4. The van der Waals surface area contributed by atoms with E-state index in [0.29, 0.717) is 45.4 Å². The normalized spacial score (nSPS) is 12.8. The molecule has 0 radical (unpaired) electrons. The molecule has 0 fully saturated rings. The van der Waals surface area contributed by atoms with Crippen molar-refractivity contribution in [2.45, 2.75) is 85.8 Å². The third-order valence-corrected chi connectivity index (χ3v) is 11.8. The lowest BCUT2D eigenvalue weighted by Crippen LogP contribution is -2.44. The van der Waals surface area contributed by atoms with Crippen molar-refractivity contribution in [2.24, 2.45) is 20.6 Å². The summed E-state index contributed by atoms with van der Waals surface area (Å²) in [5, 5.41) is 100. The molecule has 2 amide bonds. The van der Waals surface area contributed by atoms with Gasteiger partial charge >= 0.3 is 6.09 Å². The van der Waals surface area contributed by atoms with Crippen molar-refractivity contribution in [3.8, 4) is 23.0 Å². The lowest BCUT2D eigenvalue weighted by Gasteiger charge is -2.36.